The normalized spacial score (nSPS) is 28.0. The second kappa shape index (κ2) is 15.0. The van der Waals surface area contributed by atoms with Crippen molar-refractivity contribution in [2.45, 2.75) is 82.3 Å². The number of rotatable bonds is 3. The number of ether oxygens (including phenoxy) is 3. The average Bonchev–Trinajstić information content (AvgIpc) is 3.40. The van der Waals surface area contributed by atoms with Gasteiger partial charge in [-0.05, 0) is 113 Å². The Balaban J connectivity index is 1.48. The molecule has 1 aromatic carbocycles. The molecule has 1 unspecified atom stereocenters. The number of carbonyl (C=O) groups excluding carboxylic acids is 2. The number of nitrogens with one attached hydrogen (secondary N) is 1. The third kappa shape index (κ3) is 7.88. The SMILES string of the molecule is CO[C@H]1/C=C/COC(C)(C)C(=O)N=S(=O)(NC(=O)c2cn(C)nc2C)c2ccc3c(c2)N(CCCCC2=C(CCC(Cl)=C2)CO3)C[C@@H]2CC[C@H]21. The van der Waals surface area contributed by atoms with E-state index in [4.69, 9.17) is 25.8 Å². The van der Waals surface area contributed by atoms with E-state index < -0.39 is 27.3 Å². The third-order valence-corrected chi connectivity index (χ3v) is 12.4. The van der Waals surface area contributed by atoms with Crippen LogP contribution < -0.4 is 14.4 Å². The molecule has 1 saturated carbocycles. The van der Waals surface area contributed by atoms with Crippen LogP contribution in [0, 0.1) is 18.8 Å². The molecule has 1 fully saturated rings. The number of methoxy groups -OCH3 is 1. The van der Waals surface area contributed by atoms with Crippen molar-refractivity contribution in [1.82, 2.24) is 14.5 Å². The summed E-state index contributed by atoms with van der Waals surface area (Å²) in [6.07, 6.45) is 13.9. The Morgan fingerprint density at radius 2 is 2.00 bits per heavy atom. The van der Waals surface area contributed by atoms with Crippen molar-refractivity contribution >= 4 is 39.0 Å². The van der Waals surface area contributed by atoms with Gasteiger partial charge in [0.15, 0.2) is 9.92 Å². The third-order valence-electron chi connectivity index (χ3n) is 10.3. The standard InChI is InChI=1S/C37H48ClN5O6S/c1-24-31(22-42(4)39-24)35(44)40-50(46)29-14-16-34-32(20-29)43(17-7-6-9-25-19-28(38)13-11-27(25)23-48-34)21-26-12-15-30(26)33(47-5)10-8-18-49-37(2,3)36(45)41-50/h8,10,14,16,19-20,22,26,30,33H,6-7,9,11-13,15,17-18,21,23H2,1-5H3,(H,40,41,44,45,46)/b10-8+/t26-,30+,33-,50?/m0/s1. The molecule has 2 aliphatic heterocycles. The van der Waals surface area contributed by atoms with Gasteiger partial charge in [-0.2, -0.15) is 5.10 Å². The predicted octanol–water partition coefficient (Wildman–Crippen LogP) is 6.42. The van der Waals surface area contributed by atoms with Crippen molar-refractivity contribution in [1.29, 1.82) is 0 Å². The molecule has 2 bridgehead atoms. The molecule has 2 aliphatic carbocycles. The molecule has 4 aliphatic rings. The van der Waals surface area contributed by atoms with Crippen molar-refractivity contribution in [3.63, 3.8) is 0 Å². The van der Waals surface area contributed by atoms with E-state index in [0.717, 1.165) is 68.8 Å². The largest absolute Gasteiger partial charge is 0.487 e. The summed E-state index contributed by atoms with van der Waals surface area (Å²) in [5.74, 6) is -0.138. The van der Waals surface area contributed by atoms with Crippen LogP contribution in [0.3, 0.4) is 0 Å². The van der Waals surface area contributed by atoms with Crippen LogP contribution in [0.2, 0.25) is 0 Å². The molecule has 0 saturated heterocycles. The first-order chi connectivity index (χ1) is 23.9. The summed E-state index contributed by atoms with van der Waals surface area (Å²) in [6, 6.07) is 5.19. The molecule has 11 nitrogen and oxygen atoms in total. The number of allylic oxidation sites excluding steroid dienone is 3. The minimum Gasteiger partial charge on any atom is -0.487 e. The Kier molecular flexibility index (Phi) is 10.9. The van der Waals surface area contributed by atoms with Gasteiger partial charge in [-0.25, -0.2) is 4.21 Å². The lowest BCUT2D eigenvalue weighted by Gasteiger charge is -2.43. The van der Waals surface area contributed by atoms with Gasteiger partial charge in [0.2, 0.25) is 0 Å². The Hall–Kier alpha value is -3.45. The van der Waals surface area contributed by atoms with Gasteiger partial charge in [0.25, 0.3) is 11.8 Å². The fourth-order valence-electron chi connectivity index (χ4n) is 7.14. The van der Waals surface area contributed by atoms with E-state index in [2.05, 4.69) is 25.2 Å². The maximum atomic E-state index is 15.1. The molecule has 3 heterocycles. The van der Waals surface area contributed by atoms with E-state index in [1.807, 2.05) is 12.2 Å². The smallest absolute Gasteiger partial charge is 0.287 e. The number of amides is 2. The van der Waals surface area contributed by atoms with Crippen LogP contribution in [-0.2, 0) is 31.2 Å². The van der Waals surface area contributed by atoms with Crippen LogP contribution in [0.5, 0.6) is 5.75 Å². The lowest BCUT2D eigenvalue weighted by atomic mass is 9.70. The van der Waals surface area contributed by atoms with Gasteiger partial charge in [-0.3, -0.25) is 19.0 Å². The Morgan fingerprint density at radius 3 is 2.72 bits per heavy atom. The molecule has 0 spiro atoms. The van der Waals surface area contributed by atoms with E-state index in [-0.39, 0.29) is 23.2 Å². The lowest BCUT2D eigenvalue weighted by molar-refractivity contribution is -0.137. The van der Waals surface area contributed by atoms with E-state index in [9.17, 15) is 9.59 Å². The zero-order valence-corrected chi connectivity index (χ0v) is 31.1. The molecule has 50 heavy (non-hydrogen) atoms. The van der Waals surface area contributed by atoms with Crippen LogP contribution in [0.1, 0.15) is 74.8 Å². The van der Waals surface area contributed by atoms with Gasteiger partial charge in [-0.1, -0.05) is 23.8 Å². The zero-order valence-electron chi connectivity index (χ0n) is 29.6. The number of halogens is 1. The lowest BCUT2D eigenvalue weighted by Crippen LogP contribution is -2.44. The molecular formula is C37H48ClN5O6S. The summed E-state index contributed by atoms with van der Waals surface area (Å²) in [5, 5.41) is 5.14. The van der Waals surface area contributed by atoms with Gasteiger partial charge < -0.3 is 19.1 Å². The molecule has 1 N–H and O–H groups in total. The quantitative estimate of drug-likeness (QED) is 0.360. The molecule has 13 heteroatoms. The number of hydrogen-bond acceptors (Lipinski definition) is 8. The fraction of sp³-hybridized carbons (Fsp3) is 0.541. The van der Waals surface area contributed by atoms with Crippen LogP contribution >= 0.6 is 11.6 Å². The Morgan fingerprint density at radius 1 is 1.18 bits per heavy atom. The number of anilines is 1. The highest BCUT2D eigenvalue weighted by Gasteiger charge is 2.38. The van der Waals surface area contributed by atoms with E-state index in [1.54, 1.807) is 59.3 Å². The molecule has 6 rings (SSSR count). The Labute approximate surface area is 300 Å². The van der Waals surface area contributed by atoms with Crippen molar-refractivity contribution < 1.29 is 28.0 Å². The van der Waals surface area contributed by atoms with Crippen LogP contribution in [0.25, 0.3) is 0 Å². The first-order valence-corrected chi connectivity index (χ1v) is 19.3. The number of fused-ring (bicyclic) bond motifs is 2. The predicted molar refractivity (Wildman–Crippen MR) is 194 cm³/mol. The zero-order chi connectivity index (χ0) is 35.6. The maximum Gasteiger partial charge on any atom is 0.287 e. The number of benzene rings is 1. The average molecular weight is 726 g/mol. The highest BCUT2D eigenvalue weighted by atomic mass is 35.5. The van der Waals surface area contributed by atoms with Gasteiger partial charge >= 0.3 is 0 Å². The fourth-order valence-corrected chi connectivity index (χ4v) is 8.98. The van der Waals surface area contributed by atoms with E-state index >= 15 is 4.21 Å². The highest BCUT2D eigenvalue weighted by Crippen LogP contribution is 2.42. The van der Waals surface area contributed by atoms with Crippen molar-refractivity contribution in [2.75, 3.05) is 38.3 Å². The second-order valence-electron chi connectivity index (χ2n) is 14.1. The van der Waals surface area contributed by atoms with Gasteiger partial charge in [0.1, 0.15) is 18.0 Å². The van der Waals surface area contributed by atoms with Crippen LogP contribution in [-0.4, -0.2) is 70.9 Å². The van der Waals surface area contributed by atoms with Gasteiger partial charge in [0, 0.05) is 38.5 Å². The summed E-state index contributed by atoms with van der Waals surface area (Å²) in [6.45, 7) is 6.87. The molecular weight excluding hydrogens is 678 g/mol. The second-order valence-corrected chi connectivity index (χ2v) is 16.5. The van der Waals surface area contributed by atoms with Crippen molar-refractivity contribution in [3.8, 4) is 5.75 Å². The monoisotopic (exact) mass is 725 g/mol. The maximum absolute atomic E-state index is 15.1. The van der Waals surface area contributed by atoms with Crippen LogP contribution in [0.4, 0.5) is 5.69 Å². The first-order valence-electron chi connectivity index (χ1n) is 17.4. The molecule has 1 aromatic heterocycles. The number of carbonyl (C=O) groups is 2. The van der Waals surface area contributed by atoms with Crippen LogP contribution in [0.15, 0.2) is 68.1 Å². The topological polar surface area (TPSA) is 124 Å². The summed E-state index contributed by atoms with van der Waals surface area (Å²) in [7, 11) is -0.449. The number of aromatic nitrogens is 2. The van der Waals surface area contributed by atoms with Crippen molar-refractivity contribution in [3.05, 3.63) is 70.1 Å². The molecule has 2 amide bonds. The summed E-state index contributed by atoms with van der Waals surface area (Å²) in [5.41, 5.74) is 2.48. The number of aryl methyl sites for hydroxylation is 2. The summed E-state index contributed by atoms with van der Waals surface area (Å²) < 4.78 is 42.0. The van der Waals surface area contributed by atoms with Crippen molar-refractivity contribution in [2.24, 2.45) is 23.2 Å². The number of hydrogen-bond donors (Lipinski definition) is 1. The number of nitrogens with zero attached hydrogens (tertiary/aromatic N) is 4. The first kappa shape index (κ1) is 36.3. The minimum absolute atomic E-state index is 0.0999. The summed E-state index contributed by atoms with van der Waals surface area (Å²) >= 11 is 6.47. The van der Waals surface area contributed by atoms with E-state index in [0.29, 0.717) is 29.9 Å². The van der Waals surface area contributed by atoms with Gasteiger partial charge in [-0.15, -0.1) is 4.36 Å². The molecule has 0 radical (unpaired) electrons. The van der Waals surface area contributed by atoms with Gasteiger partial charge in [0.05, 0.1) is 34.6 Å². The van der Waals surface area contributed by atoms with E-state index in [1.165, 1.54) is 15.8 Å². The molecule has 2 aromatic rings. The minimum atomic E-state index is -3.88. The molecule has 270 valence electrons. The molecule has 4 atom stereocenters. The highest BCUT2D eigenvalue weighted by molar-refractivity contribution is 7.92. The summed E-state index contributed by atoms with van der Waals surface area (Å²) in [4.78, 5) is 30.0. The Bertz CT molecular complexity index is 1860.